The van der Waals surface area contributed by atoms with Gasteiger partial charge in [0.1, 0.15) is 21.5 Å². The van der Waals surface area contributed by atoms with Gasteiger partial charge in [-0.25, -0.2) is 17.2 Å². The molecule has 2 aromatic rings. The molecule has 1 unspecified atom stereocenters. The minimum Gasteiger partial charge on any atom is -0.452 e. The Morgan fingerprint density at radius 1 is 1.17 bits per heavy atom. The first-order valence-electron chi connectivity index (χ1n) is 9.19. The van der Waals surface area contributed by atoms with Crippen LogP contribution in [0.15, 0.2) is 39.9 Å². The molecule has 0 spiro atoms. The van der Waals surface area contributed by atoms with Gasteiger partial charge in [-0.3, -0.25) is 9.59 Å². The topological polar surface area (TPSA) is 92.8 Å². The number of amides is 1. The van der Waals surface area contributed by atoms with Gasteiger partial charge in [0, 0.05) is 13.1 Å². The number of rotatable bonds is 6. The van der Waals surface area contributed by atoms with E-state index >= 15 is 0 Å². The number of esters is 1. The van der Waals surface area contributed by atoms with Crippen molar-refractivity contribution in [3.05, 3.63) is 47.3 Å². The van der Waals surface area contributed by atoms with Crippen molar-refractivity contribution >= 4 is 38.9 Å². The Balaban J connectivity index is 1.53. The molecule has 1 fully saturated rings. The number of thiophene rings is 1. The monoisotopic (exact) mass is 458 g/mol. The summed E-state index contributed by atoms with van der Waals surface area (Å²) in [5.41, 5.74) is -0.613. The van der Waals surface area contributed by atoms with Crippen LogP contribution < -0.4 is 5.32 Å². The standard InChI is InChI=1S/C19H20F2N2O5S2/c1-12(18(24)22-17-14(20)4-2-5-15(17)21)28-19(25)13-7-9-23(10-8-13)30(26,27)16-6-3-11-29-16/h2-6,11-13H,7-10H2,1H3,(H,22,24). The van der Waals surface area contributed by atoms with Gasteiger partial charge in [-0.2, -0.15) is 4.31 Å². The molecular weight excluding hydrogens is 438 g/mol. The van der Waals surface area contributed by atoms with Crippen LogP contribution in [0.25, 0.3) is 0 Å². The predicted molar refractivity (Wildman–Crippen MR) is 106 cm³/mol. The Morgan fingerprint density at radius 2 is 1.80 bits per heavy atom. The fourth-order valence-electron chi connectivity index (χ4n) is 3.04. The van der Waals surface area contributed by atoms with Gasteiger partial charge in [0.05, 0.1) is 5.92 Å². The first kappa shape index (κ1) is 22.3. The molecule has 1 amide bonds. The Bertz CT molecular complexity index is 999. The maximum Gasteiger partial charge on any atom is 0.309 e. The molecule has 0 radical (unpaired) electrons. The first-order valence-corrected chi connectivity index (χ1v) is 11.5. The van der Waals surface area contributed by atoms with Gasteiger partial charge < -0.3 is 10.1 Å². The molecule has 1 aromatic heterocycles. The molecule has 30 heavy (non-hydrogen) atoms. The van der Waals surface area contributed by atoms with Crippen molar-refractivity contribution in [1.82, 2.24) is 4.31 Å². The lowest BCUT2D eigenvalue weighted by atomic mass is 9.98. The van der Waals surface area contributed by atoms with Crippen molar-refractivity contribution in [3.63, 3.8) is 0 Å². The van der Waals surface area contributed by atoms with Crippen molar-refractivity contribution in [2.45, 2.75) is 30.1 Å². The summed E-state index contributed by atoms with van der Waals surface area (Å²) in [6, 6.07) is 6.33. The second-order valence-corrected chi connectivity index (χ2v) is 9.89. The summed E-state index contributed by atoms with van der Waals surface area (Å²) in [6.07, 6.45) is -0.774. The van der Waals surface area contributed by atoms with Crippen molar-refractivity contribution < 1.29 is 31.5 Å². The highest BCUT2D eigenvalue weighted by Crippen LogP contribution is 2.27. The fourth-order valence-corrected chi connectivity index (χ4v) is 5.65. The number of para-hydroxylation sites is 1. The third kappa shape index (κ3) is 4.85. The molecule has 1 aliphatic rings. The van der Waals surface area contributed by atoms with E-state index in [-0.39, 0.29) is 30.1 Å². The summed E-state index contributed by atoms with van der Waals surface area (Å²) in [5.74, 6) is -3.98. The van der Waals surface area contributed by atoms with Crippen molar-refractivity contribution in [3.8, 4) is 0 Å². The van der Waals surface area contributed by atoms with E-state index in [1.54, 1.807) is 11.4 Å². The van der Waals surface area contributed by atoms with Gasteiger partial charge in [0.2, 0.25) is 0 Å². The second kappa shape index (κ2) is 9.19. The highest BCUT2D eigenvalue weighted by Gasteiger charge is 2.34. The van der Waals surface area contributed by atoms with Crippen LogP contribution in [-0.2, 0) is 24.3 Å². The van der Waals surface area contributed by atoms with Crippen LogP contribution in [0.1, 0.15) is 19.8 Å². The summed E-state index contributed by atoms with van der Waals surface area (Å²) >= 11 is 1.13. The summed E-state index contributed by atoms with van der Waals surface area (Å²) in [7, 11) is -3.58. The number of hydrogen-bond donors (Lipinski definition) is 1. The minimum atomic E-state index is -3.58. The minimum absolute atomic E-state index is 0.154. The van der Waals surface area contributed by atoms with E-state index in [0.717, 1.165) is 29.5 Å². The van der Waals surface area contributed by atoms with E-state index in [1.807, 2.05) is 0 Å². The largest absolute Gasteiger partial charge is 0.452 e. The number of piperidine rings is 1. The lowest BCUT2D eigenvalue weighted by Crippen LogP contribution is -2.41. The number of hydrogen-bond acceptors (Lipinski definition) is 6. The molecule has 1 aliphatic heterocycles. The highest BCUT2D eigenvalue weighted by atomic mass is 32.2. The first-order chi connectivity index (χ1) is 14.2. The summed E-state index contributed by atoms with van der Waals surface area (Å²) in [4.78, 5) is 24.5. The lowest BCUT2D eigenvalue weighted by Gasteiger charge is -2.30. The van der Waals surface area contributed by atoms with Crippen molar-refractivity contribution in [2.75, 3.05) is 18.4 Å². The number of nitrogens with zero attached hydrogens (tertiary/aromatic N) is 1. The SMILES string of the molecule is CC(OC(=O)C1CCN(S(=O)(=O)c2cccs2)CC1)C(=O)Nc1c(F)cccc1F. The Labute approximate surface area is 176 Å². The summed E-state index contributed by atoms with van der Waals surface area (Å²) in [6.45, 7) is 1.60. The van der Waals surface area contributed by atoms with E-state index in [2.05, 4.69) is 5.32 Å². The summed E-state index contributed by atoms with van der Waals surface area (Å²) in [5, 5.41) is 3.75. The number of carbonyl (C=O) groups excluding carboxylic acids is 2. The molecule has 3 rings (SSSR count). The van der Waals surface area contributed by atoms with Crippen LogP contribution in [0.2, 0.25) is 0 Å². The van der Waals surface area contributed by atoms with Gasteiger partial charge in [0.25, 0.3) is 15.9 Å². The Hall–Kier alpha value is -2.37. The molecule has 2 heterocycles. The second-order valence-electron chi connectivity index (χ2n) is 6.78. The Kier molecular flexibility index (Phi) is 6.84. The number of ether oxygens (including phenoxy) is 1. The normalized spacial score (nSPS) is 16.8. The smallest absolute Gasteiger partial charge is 0.309 e. The number of halogens is 2. The zero-order valence-corrected chi connectivity index (χ0v) is 17.6. The van der Waals surface area contributed by atoms with E-state index in [9.17, 15) is 26.8 Å². The van der Waals surface area contributed by atoms with E-state index in [0.29, 0.717) is 0 Å². The van der Waals surface area contributed by atoms with Gasteiger partial charge in [-0.05, 0) is 43.3 Å². The molecule has 1 aromatic carbocycles. The number of sulfonamides is 1. The van der Waals surface area contributed by atoms with Crippen LogP contribution in [0.5, 0.6) is 0 Å². The number of anilines is 1. The van der Waals surface area contributed by atoms with Crippen molar-refractivity contribution in [2.24, 2.45) is 5.92 Å². The number of nitrogens with one attached hydrogen (secondary N) is 1. The average molecular weight is 459 g/mol. The van der Waals surface area contributed by atoms with Gasteiger partial charge >= 0.3 is 5.97 Å². The van der Waals surface area contributed by atoms with E-state index < -0.39 is 51.2 Å². The molecule has 162 valence electrons. The third-order valence-electron chi connectivity index (χ3n) is 4.75. The molecule has 11 heteroatoms. The van der Waals surface area contributed by atoms with Crippen LogP contribution in [0.3, 0.4) is 0 Å². The predicted octanol–water partition coefficient (Wildman–Crippen LogP) is 3.00. The highest BCUT2D eigenvalue weighted by molar-refractivity contribution is 7.91. The maximum atomic E-state index is 13.6. The van der Waals surface area contributed by atoms with Gasteiger partial charge in [0.15, 0.2) is 6.10 Å². The molecular formula is C19H20F2N2O5S2. The quantitative estimate of drug-likeness (QED) is 0.672. The number of carbonyl (C=O) groups is 2. The molecule has 1 atom stereocenters. The van der Waals surface area contributed by atoms with Crippen LogP contribution >= 0.6 is 11.3 Å². The van der Waals surface area contributed by atoms with Crippen LogP contribution in [0, 0.1) is 17.6 Å². The average Bonchev–Trinajstić information content (AvgIpc) is 3.26. The van der Waals surface area contributed by atoms with Crippen LogP contribution in [-0.4, -0.2) is 43.8 Å². The molecule has 1 N–H and O–H groups in total. The molecule has 7 nitrogen and oxygen atoms in total. The zero-order valence-electron chi connectivity index (χ0n) is 16.0. The number of benzene rings is 1. The van der Waals surface area contributed by atoms with Crippen LogP contribution in [0.4, 0.5) is 14.5 Å². The maximum absolute atomic E-state index is 13.6. The molecule has 0 saturated carbocycles. The third-order valence-corrected chi connectivity index (χ3v) is 8.02. The van der Waals surface area contributed by atoms with Gasteiger partial charge in [-0.15, -0.1) is 11.3 Å². The van der Waals surface area contributed by atoms with E-state index in [1.165, 1.54) is 17.3 Å². The zero-order chi connectivity index (χ0) is 21.9. The Morgan fingerprint density at radius 3 is 2.37 bits per heavy atom. The molecule has 0 aliphatic carbocycles. The molecule has 0 bridgehead atoms. The van der Waals surface area contributed by atoms with E-state index in [4.69, 9.17) is 4.74 Å². The van der Waals surface area contributed by atoms with Gasteiger partial charge in [-0.1, -0.05) is 12.1 Å². The molecule has 1 saturated heterocycles. The lowest BCUT2D eigenvalue weighted by molar-refractivity contribution is -0.158. The fraction of sp³-hybridized carbons (Fsp3) is 0.368. The summed E-state index contributed by atoms with van der Waals surface area (Å²) < 4.78 is 59.0. The van der Waals surface area contributed by atoms with Crippen molar-refractivity contribution in [1.29, 1.82) is 0 Å².